The van der Waals surface area contributed by atoms with E-state index in [2.05, 4.69) is 10.6 Å². The smallest absolute Gasteiger partial charge is 0.337 e. The van der Waals surface area contributed by atoms with Gasteiger partial charge in [-0.25, -0.2) is 9.59 Å². The normalized spacial score (nSPS) is 18.1. The van der Waals surface area contributed by atoms with Crippen molar-refractivity contribution >= 4 is 35.2 Å². The predicted molar refractivity (Wildman–Crippen MR) is 77.3 cm³/mol. The van der Waals surface area contributed by atoms with Crippen molar-refractivity contribution < 1.29 is 19.4 Å². The summed E-state index contributed by atoms with van der Waals surface area (Å²) in [4.78, 5) is 23.5. The first-order valence-electron chi connectivity index (χ1n) is 5.89. The molecule has 0 radical (unpaired) electrons. The van der Waals surface area contributed by atoms with Crippen molar-refractivity contribution in [1.82, 2.24) is 10.6 Å². The monoisotopic (exact) mass is 330 g/mol. The highest BCUT2D eigenvalue weighted by atomic mass is 35.5. The first-order valence-corrected chi connectivity index (χ1v) is 6.65. The number of methoxy groups -OCH3 is 1. The van der Waals surface area contributed by atoms with Gasteiger partial charge in [-0.15, -0.1) is 0 Å². The molecule has 0 spiro atoms. The topological polar surface area (TPSA) is 87.7 Å². The molecule has 0 aromatic heterocycles. The highest BCUT2D eigenvalue weighted by Crippen LogP contribution is 2.37. The Bertz CT molecular complexity index is 635. The number of hydrogen-bond donors (Lipinski definition) is 3. The molecule has 6 nitrogen and oxygen atoms in total. The van der Waals surface area contributed by atoms with Crippen LogP contribution in [0.1, 0.15) is 18.5 Å². The highest BCUT2D eigenvalue weighted by Gasteiger charge is 2.32. The summed E-state index contributed by atoms with van der Waals surface area (Å²) in [6, 6.07) is 1.61. The quantitative estimate of drug-likeness (QED) is 0.727. The Balaban J connectivity index is 2.56. The molecule has 0 bridgehead atoms. The summed E-state index contributed by atoms with van der Waals surface area (Å²) in [5, 5.41) is 14.7. The van der Waals surface area contributed by atoms with E-state index in [1.807, 2.05) is 0 Å². The summed E-state index contributed by atoms with van der Waals surface area (Å²) in [6.07, 6.45) is 0. The summed E-state index contributed by atoms with van der Waals surface area (Å²) in [6.45, 7) is 1.58. The molecule has 2 rings (SSSR count). The molecule has 3 N–H and O–H groups in total. The molecule has 0 fully saturated rings. The van der Waals surface area contributed by atoms with E-state index in [1.165, 1.54) is 19.2 Å². The second kappa shape index (κ2) is 5.83. The first kappa shape index (κ1) is 15.5. The second-order valence-corrected chi connectivity index (χ2v) is 5.21. The minimum Gasteiger partial charge on any atom is -0.505 e. The number of carbonyl (C=O) groups excluding carboxylic acids is 2. The minimum absolute atomic E-state index is 0.0205. The van der Waals surface area contributed by atoms with Gasteiger partial charge in [0, 0.05) is 5.70 Å². The first-order chi connectivity index (χ1) is 9.85. The number of halogens is 2. The zero-order chi connectivity index (χ0) is 15.7. The van der Waals surface area contributed by atoms with Gasteiger partial charge < -0.3 is 20.5 Å². The second-order valence-electron chi connectivity index (χ2n) is 4.39. The van der Waals surface area contributed by atoms with Crippen molar-refractivity contribution in [3.63, 3.8) is 0 Å². The van der Waals surface area contributed by atoms with Gasteiger partial charge in [0.25, 0.3) is 0 Å². The van der Waals surface area contributed by atoms with E-state index >= 15 is 0 Å². The highest BCUT2D eigenvalue weighted by molar-refractivity contribution is 6.37. The molecule has 0 saturated carbocycles. The van der Waals surface area contributed by atoms with Gasteiger partial charge in [-0.05, 0) is 24.6 Å². The number of allylic oxidation sites excluding steroid dienone is 1. The number of ether oxygens (including phenoxy) is 1. The fourth-order valence-corrected chi connectivity index (χ4v) is 2.58. The zero-order valence-electron chi connectivity index (χ0n) is 11.2. The zero-order valence-corrected chi connectivity index (χ0v) is 12.7. The van der Waals surface area contributed by atoms with Gasteiger partial charge in [0.05, 0.1) is 28.8 Å². The molecule has 1 aliphatic heterocycles. The molecular formula is C13H12Cl2N2O4. The van der Waals surface area contributed by atoms with Gasteiger partial charge in [-0.1, -0.05) is 23.2 Å². The van der Waals surface area contributed by atoms with E-state index in [-0.39, 0.29) is 21.4 Å². The standard InChI is InChI=1S/C13H12Cl2N2O4/c1-5-9(12(19)21-2)10(17-13(20)16-5)6-3-7(14)11(18)8(15)4-6/h3-4,10,18H,1-2H3,(H2,16,17,20)/t10-/m1/s1. The number of esters is 1. The average molecular weight is 331 g/mol. The van der Waals surface area contributed by atoms with Gasteiger partial charge in [-0.3, -0.25) is 0 Å². The maximum absolute atomic E-state index is 11.9. The lowest BCUT2D eigenvalue weighted by Gasteiger charge is -2.28. The van der Waals surface area contributed by atoms with Crippen LogP contribution in [0.3, 0.4) is 0 Å². The largest absolute Gasteiger partial charge is 0.505 e. The molecule has 2 amide bonds. The SMILES string of the molecule is COC(=O)C1=C(C)NC(=O)N[C@@H]1c1cc(Cl)c(O)c(Cl)c1. The van der Waals surface area contributed by atoms with Gasteiger partial charge in [0.1, 0.15) is 0 Å². The lowest BCUT2D eigenvalue weighted by molar-refractivity contribution is -0.136. The summed E-state index contributed by atoms with van der Waals surface area (Å²) in [5.74, 6) is -0.854. The minimum atomic E-state index is -0.776. The van der Waals surface area contributed by atoms with Crippen molar-refractivity contribution in [2.24, 2.45) is 0 Å². The summed E-state index contributed by atoms with van der Waals surface area (Å²) >= 11 is 11.8. The van der Waals surface area contributed by atoms with Crippen LogP contribution in [0, 0.1) is 0 Å². The fourth-order valence-electron chi connectivity index (χ4n) is 2.08. The van der Waals surface area contributed by atoms with Crippen LogP contribution in [-0.4, -0.2) is 24.2 Å². The van der Waals surface area contributed by atoms with Crippen LogP contribution in [0.15, 0.2) is 23.4 Å². The third-order valence-electron chi connectivity index (χ3n) is 3.05. The number of rotatable bonds is 2. The molecular weight excluding hydrogens is 319 g/mol. The Hall–Kier alpha value is -1.92. The number of urea groups is 1. The number of nitrogens with one attached hydrogen (secondary N) is 2. The molecule has 1 atom stereocenters. The van der Waals surface area contributed by atoms with Crippen LogP contribution in [0.4, 0.5) is 4.79 Å². The Morgan fingerprint density at radius 3 is 2.43 bits per heavy atom. The van der Waals surface area contributed by atoms with Gasteiger partial charge in [-0.2, -0.15) is 0 Å². The number of aromatic hydroxyl groups is 1. The van der Waals surface area contributed by atoms with E-state index in [0.29, 0.717) is 11.3 Å². The third kappa shape index (κ3) is 2.91. The van der Waals surface area contributed by atoms with E-state index in [1.54, 1.807) is 6.92 Å². The van der Waals surface area contributed by atoms with Crippen LogP contribution in [-0.2, 0) is 9.53 Å². The van der Waals surface area contributed by atoms with Crippen LogP contribution in [0.25, 0.3) is 0 Å². The van der Waals surface area contributed by atoms with E-state index in [9.17, 15) is 14.7 Å². The number of phenolic OH excluding ortho intramolecular Hbond substituents is 1. The number of amides is 2. The third-order valence-corrected chi connectivity index (χ3v) is 3.62. The number of phenols is 1. The van der Waals surface area contributed by atoms with E-state index in [4.69, 9.17) is 27.9 Å². The van der Waals surface area contributed by atoms with Crippen molar-refractivity contribution in [2.45, 2.75) is 13.0 Å². The molecule has 0 aliphatic carbocycles. The molecule has 21 heavy (non-hydrogen) atoms. The fraction of sp³-hybridized carbons (Fsp3) is 0.231. The maximum atomic E-state index is 11.9. The van der Waals surface area contributed by atoms with Crippen molar-refractivity contribution in [2.75, 3.05) is 7.11 Å². The molecule has 1 heterocycles. The molecule has 0 saturated heterocycles. The van der Waals surface area contributed by atoms with Gasteiger partial charge in [0.15, 0.2) is 5.75 Å². The Morgan fingerprint density at radius 1 is 1.33 bits per heavy atom. The molecule has 1 aliphatic rings. The van der Waals surface area contributed by atoms with Crippen LogP contribution in [0.5, 0.6) is 5.75 Å². The van der Waals surface area contributed by atoms with Crippen molar-refractivity contribution in [3.05, 3.63) is 39.0 Å². The van der Waals surface area contributed by atoms with E-state index in [0.717, 1.165) is 0 Å². The summed E-state index contributed by atoms with van der Waals surface area (Å²) < 4.78 is 4.73. The summed E-state index contributed by atoms with van der Waals surface area (Å²) in [7, 11) is 1.24. The number of benzene rings is 1. The molecule has 0 unspecified atom stereocenters. The Kier molecular flexibility index (Phi) is 4.29. The molecule has 8 heteroatoms. The van der Waals surface area contributed by atoms with Crippen LogP contribution in [0.2, 0.25) is 10.0 Å². The van der Waals surface area contributed by atoms with Gasteiger partial charge >= 0.3 is 12.0 Å². The Labute approximate surface area is 130 Å². The van der Waals surface area contributed by atoms with Crippen molar-refractivity contribution in [1.29, 1.82) is 0 Å². The lowest BCUT2D eigenvalue weighted by atomic mass is 9.95. The lowest BCUT2D eigenvalue weighted by Crippen LogP contribution is -2.45. The predicted octanol–water partition coefficient (Wildman–Crippen LogP) is 2.50. The summed E-state index contributed by atoms with van der Waals surface area (Å²) in [5.41, 5.74) is 1.06. The maximum Gasteiger partial charge on any atom is 0.337 e. The average Bonchev–Trinajstić information content (AvgIpc) is 2.42. The molecule has 1 aromatic rings. The van der Waals surface area contributed by atoms with Crippen molar-refractivity contribution in [3.8, 4) is 5.75 Å². The van der Waals surface area contributed by atoms with E-state index < -0.39 is 18.0 Å². The van der Waals surface area contributed by atoms with Gasteiger partial charge in [0.2, 0.25) is 0 Å². The number of carbonyl (C=O) groups is 2. The number of hydrogen-bond acceptors (Lipinski definition) is 4. The Morgan fingerprint density at radius 2 is 1.90 bits per heavy atom. The van der Waals surface area contributed by atoms with Crippen LogP contribution < -0.4 is 10.6 Å². The molecule has 1 aromatic carbocycles. The van der Waals surface area contributed by atoms with Crippen LogP contribution >= 0.6 is 23.2 Å². The molecule has 112 valence electrons.